The number of aryl methyl sites for hydroxylation is 1. The molecule has 7 nitrogen and oxygen atoms in total. The lowest BCUT2D eigenvalue weighted by Gasteiger charge is -2.10. The highest BCUT2D eigenvalue weighted by Crippen LogP contribution is 2.32. The molecule has 3 aromatic rings. The van der Waals surface area contributed by atoms with Gasteiger partial charge in [0.05, 0.1) is 4.90 Å². The van der Waals surface area contributed by atoms with E-state index < -0.39 is 10.0 Å². The number of anilines is 2. The molecule has 0 saturated carbocycles. The number of hydrogen-bond donors (Lipinski definition) is 2. The molecule has 0 saturated heterocycles. The highest BCUT2D eigenvalue weighted by Gasteiger charge is 2.17. The largest absolute Gasteiger partial charge is 0.454 e. The van der Waals surface area contributed by atoms with Gasteiger partial charge in [-0.1, -0.05) is 17.7 Å². The average molecular weight is 410 g/mol. The molecule has 1 aliphatic heterocycles. The van der Waals surface area contributed by atoms with Gasteiger partial charge in [-0.2, -0.15) is 0 Å². The van der Waals surface area contributed by atoms with Crippen LogP contribution in [0.5, 0.6) is 11.5 Å². The van der Waals surface area contributed by atoms with Crippen molar-refractivity contribution in [3.05, 3.63) is 77.9 Å². The van der Waals surface area contributed by atoms with Crippen molar-refractivity contribution < 1.29 is 22.7 Å². The normalized spacial score (nSPS) is 12.4. The zero-order chi connectivity index (χ0) is 20.4. The maximum atomic E-state index is 12.5. The van der Waals surface area contributed by atoms with Crippen molar-refractivity contribution in [1.29, 1.82) is 0 Å². The van der Waals surface area contributed by atoms with Gasteiger partial charge in [-0.15, -0.1) is 0 Å². The summed E-state index contributed by atoms with van der Waals surface area (Å²) in [4.78, 5) is 12.5. The minimum Gasteiger partial charge on any atom is -0.454 e. The lowest BCUT2D eigenvalue weighted by molar-refractivity contribution is 0.102. The molecule has 1 amide bonds. The van der Waals surface area contributed by atoms with Crippen molar-refractivity contribution in [3.8, 4) is 11.5 Å². The van der Waals surface area contributed by atoms with Crippen molar-refractivity contribution in [2.75, 3.05) is 16.8 Å². The van der Waals surface area contributed by atoms with E-state index in [0.717, 1.165) is 5.56 Å². The minimum atomic E-state index is -3.72. The first-order valence-corrected chi connectivity index (χ1v) is 10.3. The van der Waals surface area contributed by atoms with E-state index in [-0.39, 0.29) is 17.6 Å². The second-order valence-corrected chi connectivity index (χ2v) is 8.20. The Morgan fingerprint density at radius 2 is 1.52 bits per heavy atom. The van der Waals surface area contributed by atoms with Crippen LogP contribution < -0.4 is 19.5 Å². The number of hydrogen-bond acceptors (Lipinski definition) is 5. The van der Waals surface area contributed by atoms with Gasteiger partial charge in [-0.05, 0) is 61.5 Å². The molecule has 0 aliphatic carbocycles. The number of carbonyl (C=O) groups is 1. The summed E-state index contributed by atoms with van der Waals surface area (Å²) in [5.41, 5.74) is 2.40. The van der Waals surface area contributed by atoms with E-state index in [4.69, 9.17) is 9.47 Å². The summed E-state index contributed by atoms with van der Waals surface area (Å²) in [6, 6.07) is 17.9. The van der Waals surface area contributed by atoms with Gasteiger partial charge in [0.25, 0.3) is 15.9 Å². The number of benzene rings is 3. The first-order valence-electron chi connectivity index (χ1n) is 8.81. The number of nitrogens with one attached hydrogen (secondary N) is 2. The van der Waals surface area contributed by atoms with Gasteiger partial charge in [0.2, 0.25) is 6.79 Å². The molecule has 8 heteroatoms. The van der Waals surface area contributed by atoms with Gasteiger partial charge in [0, 0.05) is 16.9 Å². The van der Waals surface area contributed by atoms with Crippen LogP contribution in [0.25, 0.3) is 0 Å². The molecule has 0 unspecified atom stereocenters. The topological polar surface area (TPSA) is 93.7 Å². The number of rotatable bonds is 5. The Morgan fingerprint density at radius 3 is 2.24 bits per heavy atom. The number of sulfonamides is 1. The fourth-order valence-corrected chi connectivity index (χ4v) is 3.85. The summed E-state index contributed by atoms with van der Waals surface area (Å²) >= 11 is 0. The molecule has 1 heterocycles. The Bertz CT molecular complexity index is 1160. The number of fused-ring (bicyclic) bond motifs is 1. The Kier molecular flexibility index (Phi) is 4.85. The summed E-state index contributed by atoms with van der Waals surface area (Å²) in [5, 5.41) is 2.73. The minimum absolute atomic E-state index is 0.0964. The van der Waals surface area contributed by atoms with Crippen molar-refractivity contribution in [2.24, 2.45) is 0 Å². The van der Waals surface area contributed by atoms with Crippen molar-refractivity contribution in [2.45, 2.75) is 11.8 Å². The number of ether oxygens (including phenoxy) is 2. The van der Waals surface area contributed by atoms with E-state index in [1.54, 1.807) is 30.3 Å². The lowest BCUT2D eigenvalue weighted by atomic mass is 10.2. The van der Waals surface area contributed by atoms with Crippen LogP contribution >= 0.6 is 0 Å². The fraction of sp³-hybridized carbons (Fsp3) is 0.0952. The van der Waals surface area contributed by atoms with Gasteiger partial charge in [0.15, 0.2) is 11.5 Å². The summed E-state index contributed by atoms with van der Waals surface area (Å²) in [6.07, 6.45) is 0. The van der Waals surface area contributed by atoms with E-state index in [0.29, 0.717) is 28.4 Å². The molecule has 0 bridgehead atoms. The zero-order valence-electron chi connectivity index (χ0n) is 15.5. The van der Waals surface area contributed by atoms with E-state index in [1.807, 2.05) is 19.1 Å². The van der Waals surface area contributed by atoms with Gasteiger partial charge in [-0.3, -0.25) is 9.52 Å². The van der Waals surface area contributed by atoms with Gasteiger partial charge < -0.3 is 14.8 Å². The maximum Gasteiger partial charge on any atom is 0.261 e. The van der Waals surface area contributed by atoms with E-state index in [1.165, 1.54) is 24.3 Å². The zero-order valence-corrected chi connectivity index (χ0v) is 16.3. The molecule has 0 fully saturated rings. The van der Waals surface area contributed by atoms with Crippen LogP contribution in [0.1, 0.15) is 15.9 Å². The van der Waals surface area contributed by atoms with E-state index in [2.05, 4.69) is 10.0 Å². The highest BCUT2D eigenvalue weighted by molar-refractivity contribution is 7.92. The fourth-order valence-electron chi connectivity index (χ4n) is 2.79. The molecule has 148 valence electrons. The highest BCUT2D eigenvalue weighted by atomic mass is 32.2. The van der Waals surface area contributed by atoms with Gasteiger partial charge in [0.1, 0.15) is 0 Å². The van der Waals surface area contributed by atoms with Crippen LogP contribution in [0.15, 0.2) is 71.6 Å². The SMILES string of the molecule is Cc1ccc(NS(=O)(=O)c2ccc(NC(=O)c3ccc4c(c3)OCO4)cc2)cc1. The second kappa shape index (κ2) is 7.48. The van der Waals surface area contributed by atoms with Crippen molar-refractivity contribution >= 4 is 27.3 Å². The predicted octanol–water partition coefficient (Wildman–Crippen LogP) is 3.78. The summed E-state index contributed by atoms with van der Waals surface area (Å²) in [7, 11) is -3.72. The molecule has 1 aliphatic rings. The Morgan fingerprint density at radius 1 is 0.862 bits per heavy atom. The van der Waals surface area contributed by atoms with Gasteiger partial charge in [-0.25, -0.2) is 8.42 Å². The monoisotopic (exact) mass is 410 g/mol. The molecule has 0 aromatic heterocycles. The number of carbonyl (C=O) groups excluding carboxylic acids is 1. The molecule has 4 rings (SSSR count). The average Bonchev–Trinajstić information content (AvgIpc) is 3.18. The Hall–Kier alpha value is -3.52. The molecular formula is C21H18N2O5S. The molecule has 0 atom stereocenters. The van der Waals surface area contributed by atoms with Crippen molar-refractivity contribution in [3.63, 3.8) is 0 Å². The third-order valence-corrected chi connectivity index (χ3v) is 5.76. The van der Waals surface area contributed by atoms with Crippen LogP contribution in [0.4, 0.5) is 11.4 Å². The standard InChI is InChI=1S/C21H18N2O5S/c1-14-2-5-17(6-3-14)23-29(25,26)18-9-7-16(8-10-18)22-21(24)15-4-11-19-20(12-15)28-13-27-19/h2-12,23H,13H2,1H3,(H,22,24). The van der Waals surface area contributed by atoms with Crippen LogP contribution in [0, 0.1) is 6.92 Å². The molecule has 2 N–H and O–H groups in total. The molecule has 0 radical (unpaired) electrons. The predicted molar refractivity (Wildman–Crippen MR) is 109 cm³/mol. The van der Waals surface area contributed by atoms with Crippen LogP contribution in [0.3, 0.4) is 0 Å². The van der Waals surface area contributed by atoms with Crippen LogP contribution in [0.2, 0.25) is 0 Å². The second-order valence-electron chi connectivity index (χ2n) is 6.52. The lowest BCUT2D eigenvalue weighted by Crippen LogP contribution is -2.14. The molecule has 29 heavy (non-hydrogen) atoms. The Labute approximate surface area is 168 Å². The van der Waals surface area contributed by atoms with Crippen LogP contribution in [-0.4, -0.2) is 21.1 Å². The smallest absolute Gasteiger partial charge is 0.261 e. The molecule has 0 spiro atoms. The summed E-state index contributed by atoms with van der Waals surface area (Å²) in [5.74, 6) is 0.773. The summed E-state index contributed by atoms with van der Waals surface area (Å²) < 4.78 is 38.1. The quantitative estimate of drug-likeness (QED) is 0.668. The Balaban J connectivity index is 1.46. The molecule has 3 aromatic carbocycles. The van der Waals surface area contributed by atoms with E-state index >= 15 is 0 Å². The van der Waals surface area contributed by atoms with Gasteiger partial charge >= 0.3 is 0 Å². The van der Waals surface area contributed by atoms with Crippen LogP contribution in [-0.2, 0) is 10.0 Å². The third kappa shape index (κ3) is 4.17. The molecular weight excluding hydrogens is 392 g/mol. The van der Waals surface area contributed by atoms with Crippen molar-refractivity contribution in [1.82, 2.24) is 0 Å². The third-order valence-electron chi connectivity index (χ3n) is 4.36. The van der Waals surface area contributed by atoms with E-state index in [9.17, 15) is 13.2 Å². The summed E-state index contributed by atoms with van der Waals surface area (Å²) in [6.45, 7) is 2.06. The maximum absolute atomic E-state index is 12.5. The number of amides is 1. The first kappa shape index (κ1) is 18.8. The first-order chi connectivity index (χ1) is 13.9.